The van der Waals surface area contributed by atoms with Crippen LogP contribution in [0.3, 0.4) is 0 Å². The molecule has 0 saturated carbocycles. The fourth-order valence-corrected chi connectivity index (χ4v) is 4.70. The summed E-state index contributed by atoms with van der Waals surface area (Å²) in [7, 11) is 0. The molecule has 36 heavy (non-hydrogen) atoms. The van der Waals surface area contributed by atoms with Crippen molar-refractivity contribution in [3.05, 3.63) is 88.6 Å². The lowest BCUT2D eigenvalue weighted by atomic mass is 10.00. The Morgan fingerprint density at radius 1 is 0.944 bits per heavy atom. The lowest BCUT2D eigenvalue weighted by molar-refractivity contribution is -0.126. The van der Waals surface area contributed by atoms with Crippen LogP contribution >= 0.6 is 0 Å². The second kappa shape index (κ2) is 9.77. The number of amides is 2. The topological polar surface area (TPSA) is 92.5 Å². The number of aryl methyl sites for hydroxylation is 3. The van der Waals surface area contributed by atoms with E-state index in [0.29, 0.717) is 23.6 Å². The van der Waals surface area contributed by atoms with E-state index in [-0.39, 0.29) is 25.0 Å². The van der Waals surface area contributed by atoms with Crippen molar-refractivity contribution < 1.29 is 19.1 Å². The molecule has 1 aromatic heterocycles. The van der Waals surface area contributed by atoms with Gasteiger partial charge in [0.25, 0.3) is 0 Å². The quantitative estimate of drug-likeness (QED) is 0.354. The van der Waals surface area contributed by atoms with Crippen molar-refractivity contribution in [3.8, 4) is 11.5 Å². The third-order valence-corrected chi connectivity index (χ3v) is 6.60. The van der Waals surface area contributed by atoms with Crippen LogP contribution in [0.2, 0.25) is 0 Å². The Morgan fingerprint density at radius 3 is 2.50 bits per heavy atom. The Morgan fingerprint density at radius 2 is 1.69 bits per heavy atom. The summed E-state index contributed by atoms with van der Waals surface area (Å²) in [6, 6.07) is 18.3. The number of carbonyl (C=O) groups is 2. The van der Waals surface area contributed by atoms with Gasteiger partial charge < -0.3 is 25.1 Å². The predicted octanol–water partition coefficient (Wildman–Crippen LogP) is 4.73. The molecular weight excluding hydrogens is 454 g/mol. The van der Waals surface area contributed by atoms with E-state index in [1.165, 1.54) is 0 Å². The first-order valence-corrected chi connectivity index (χ1v) is 12.0. The zero-order valence-electron chi connectivity index (χ0n) is 20.6. The van der Waals surface area contributed by atoms with Crippen LogP contribution in [0.5, 0.6) is 11.5 Å². The minimum Gasteiger partial charge on any atom is -0.454 e. The summed E-state index contributed by atoms with van der Waals surface area (Å²) in [6.07, 6.45) is 0.548. The fourth-order valence-electron chi connectivity index (χ4n) is 4.70. The van der Waals surface area contributed by atoms with Crippen LogP contribution in [0, 0.1) is 20.8 Å². The standard InChI is InChI=1S/C29H29N3O4/c1-17-9-10-18(2)28-27(17)22(19(3)30-28)15-26(33)32-23(13-20-7-5-4-6-8-20)29(34)31-21-11-12-24-25(14-21)36-16-35-24/h4-12,14,23,30H,13,15-16H2,1-3H3,(H,31,34)(H,32,33)/t23-/m0/s1. The van der Waals surface area contributed by atoms with Gasteiger partial charge in [0, 0.05) is 34.8 Å². The van der Waals surface area contributed by atoms with Crippen molar-refractivity contribution in [2.75, 3.05) is 12.1 Å². The largest absolute Gasteiger partial charge is 0.454 e. The molecule has 0 unspecified atom stereocenters. The number of rotatable bonds is 7. The van der Waals surface area contributed by atoms with Crippen LogP contribution in [-0.2, 0) is 22.4 Å². The van der Waals surface area contributed by atoms with Crippen molar-refractivity contribution in [1.82, 2.24) is 10.3 Å². The molecule has 2 heterocycles. The summed E-state index contributed by atoms with van der Waals surface area (Å²) in [5.41, 5.74) is 6.75. The summed E-state index contributed by atoms with van der Waals surface area (Å²) < 4.78 is 10.8. The van der Waals surface area contributed by atoms with Gasteiger partial charge >= 0.3 is 0 Å². The predicted molar refractivity (Wildman–Crippen MR) is 139 cm³/mol. The Labute approximate surface area is 209 Å². The monoisotopic (exact) mass is 483 g/mol. The third-order valence-electron chi connectivity index (χ3n) is 6.60. The molecule has 7 nitrogen and oxygen atoms in total. The molecule has 2 amide bonds. The molecule has 1 atom stereocenters. The van der Waals surface area contributed by atoms with E-state index in [4.69, 9.17) is 9.47 Å². The van der Waals surface area contributed by atoms with Crippen LogP contribution in [0.1, 0.15) is 27.9 Å². The lowest BCUT2D eigenvalue weighted by Gasteiger charge is -2.19. The van der Waals surface area contributed by atoms with Gasteiger partial charge in [0.05, 0.1) is 6.42 Å². The Kier molecular flexibility index (Phi) is 6.38. The van der Waals surface area contributed by atoms with Gasteiger partial charge in [-0.05, 0) is 55.2 Å². The number of hydrogen-bond acceptors (Lipinski definition) is 4. The van der Waals surface area contributed by atoms with Crippen LogP contribution in [0.4, 0.5) is 5.69 Å². The Balaban J connectivity index is 1.37. The first-order chi connectivity index (χ1) is 17.4. The maximum Gasteiger partial charge on any atom is 0.247 e. The minimum atomic E-state index is -0.751. The molecule has 0 saturated heterocycles. The molecule has 1 aliphatic heterocycles. The van der Waals surface area contributed by atoms with E-state index in [0.717, 1.165) is 38.9 Å². The van der Waals surface area contributed by atoms with E-state index < -0.39 is 6.04 Å². The smallest absolute Gasteiger partial charge is 0.247 e. The summed E-state index contributed by atoms with van der Waals surface area (Å²) in [5, 5.41) is 6.98. The molecule has 0 aliphatic carbocycles. The molecule has 7 heteroatoms. The number of fused-ring (bicyclic) bond motifs is 2. The average Bonchev–Trinajstić information content (AvgIpc) is 3.46. The maximum atomic E-state index is 13.3. The molecule has 0 bridgehead atoms. The molecule has 0 fully saturated rings. The molecule has 3 N–H and O–H groups in total. The molecule has 4 aromatic rings. The zero-order chi connectivity index (χ0) is 25.2. The average molecular weight is 484 g/mol. The summed E-state index contributed by atoms with van der Waals surface area (Å²) in [6.45, 7) is 6.24. The molecule has 0 spiro atoms. The second-order valence-electron chi connectivity index (χ2n) is 9.22. The number of benzene rings is 3. The molecule has 0 radical (unpaired) electrons. The molecule has 5 rings (SSSR count). The highest BCUT2D eigenvalue weighted by molar-refractivity contribution is 5.99. The van der Waals surface area contributed by atoms with Gasteiger partial charge in [0.2, 0.25) is 18.6 Å². The van der Waals surface area contributed by atoms with Crippen molar-refractivity contribution in [3.63, 3.8) is 0 Å². The highest BCUT2D eigenvalue weighted by Crippen LogP contribution is 2.34. The molecule has 1 aliphatic rings. The van der Waals surface area contributed by atoms with Crippen molar-refractivity contribution in [2.24, 2.45) is 0 Å². The first kappa shape index (κ1) is 23.5. The Bertz CT molecular complexity index is 1440. The van der Waals surface area contributed by atoms with Crippen LogP contribution in [0.25, 0.3) is 10.9 Å². The molecular formula is C29H29N3O4. The highest BCUT2D eigenvalue weighted by Gasteiger charge is 2.24. The third kappa shape index (κ3) is 4.77. The van der Waals surface area contributed by atoms with Gasteiger partial charge in [-0.25, -0.2) is 0 Å². The number of aromatic amines is 1. The highest BCUT2D eigenvalue weighted by atomic mass is 16.7. The Hall–Kier alpha value is -4.26. The van der Waals surface area contributed by atoms with Gasteiger partial charge in [-0.15, -0.1) is 0 Å². The summed E-state index contributed by atoms with van der Waals surface area (Å²) >= 11 is 0. The van der Waals surface area contributed by atoms with Crippen molar-refractivity contribution in [1.29, 1.82) is 0 Å². The fraction of sp³-hybridized carbons (Fsp3) is 0.241. The van der Waals surface area contributed by atoms with Gasteiger partial charge in [0.1, 0.15) is 6.04 Å². The number of anilines is 1. The van der Waals surface area contributed by atoms with Gasteiger partial charge in [-0.1, -0.05) is 42.5 Å². The van der Waals surface area contributed by atoms with E-state index in [2.05, 4.69) is 34.7 Å². The normalized spacial score (nSPS) is 13.0. The number of aromatic nitrogens is 1. The van der Waals surface area contributed by atoms with Gasteiger partial charge in [-0.2, -0.15) is 0 Å². The van der Waals surface area contributed by atoms with E-state index in [1.54, 1.807) is 18.2 Å². The second-order valence-corrected chi connectivity index (χ2v) is 9.22. The molecule has 3 aromatic carbocycles. The van der Waals surface area contributed by atoms with E-state index >= 15 is 0 Å². The first-order valence-electron chi connectivity index (χ1n) is 12.0. The number of hydrogen-bond donors (Lipinski definition) is 3. The zero-order valence-corrected chi connectivity index (χ0v) is 20.6. The maximum absolute atomic E-state index is 13.3. The van der Waals surface area contributed by atoms with E-state index in [1.807, 2.05) is 44.2 Å². The number of nitrogens with one attached hydrogen (secondary N) is 3. The summed E-state index contributed by atoms with van der Waals surface area (Å²) in [4.78, 5) is 30.0. The van der Waals surface area contributed by atoms with Crippen molar-refractivity contribution >= 4 is 28.4 Å². The van der Waals surface area contributed by atoms with Crippen LogP contribution in [-0.4, -0.2) is 29.6 Å². The summed E-state index contributed by atoms with van der Waals surface area (Å²) in [5.74, 6) is 0.717. The van der Waals surface area contributed by atoms with Crippen LogP contribution in [0.15, 0.2) is 60.7 Å². The SMILES string of the molecule is Cc1[nH]c2c(C)ccc(C)c2c1CC(=O)N[C@@H](Cc1ccccc1)C(=O)Nc1ccc2c(c1)OCO2. The van der Waals surface area contributed by atoms with Crippen molar-refractivity contribution in [2.45, 2.75) is 39.7 Å². The number of H-pyrrole nitrogens is 1. The van der Waals surface area contributed by atoms with Gasteiger partial charge in [-0.3, -0.25) is 9.59 Å². The molecule has 184 valence electrons. The number of carbonyl (C=O) groups excluding carboxylic acids is 2. The van der Waals surface area contributed by atoms with Crippen LogP contribution < -0.4 is 20.1 Å². The lowest BCUT2D eigenvalue weighted by Crippen LogP contribution is -2.45. The van der Waals surface area contributed by atoms with E-state index in [9.17, 15) is 9.59 Å². The minimum absolute atomic E-state index is 0.158. The number of ether oxygens (including phenoxy) is 2. The van der Waals surface area contributed by atoms with Gasteiger partial charge in [0.15, 0.2) is 11.5 Å².